The molecule has 4 amide bonds. The summed E-state index contributed by atoms with van der Waals surface area (Å²) in [6, 6.07) is 12.9. The summed E-state index contributed by atoms with van der Waals surface area (Å²) in [6.45, 7) is 0.710. The molecule has 1 saturated heterocycles. The van der Waals surface area contributed by atoms with Gasteiger partial charge in [0.2, 0.25) is 5.91 Å². The average Bonchev–Trinajstić information content (AvgIpc) is 2.96. The second kappa shape index (κ2) is 9.29. The van der Waals surface area contributed by atoms with Gasteiger partial charge in [-0.2, -0.15) is 0 Å². The number of amides is 4. The predicted molar refractivity (Wildman–Crippen MR) is 105 cm³/mol. The standard InChI is InChI=1S/C21H22FN3O4/c1-29-12-11-24-18(13-19(26)23-14-15-5-3-2-4-6-15)20(27)25(21(24)28)17-9-7-16(22)8-10-17/h2-10,18H,11-14H2,1H3,(H,23,26). The number of nitrogens with zero attached hydrogens (tertiary/aromatic N) is 2. The predicted octanol–water partition coefficient (Wildman–Crippen LogP) is 2.32. The average molecular weight is 399 g/mol. The van der Waals surface area contributed by atoms with Gasteiger partial charge in [-0.25, -0.2) is 14.1 Å². The molecule has 1 heterocycles. The lowest BCUT2D eigenvalue weighted by atomic mass is 10.1. The fraction of sp³-hybridized carbons (Fsp3) is 0.286. The monoisotopic (exact) mass is 399 g/mol. The van der Waals surface area contributed by atoms with E-state index in [9.17, 15) is 18.8 Å². The first kappa shape index (κ1) is 20.5. The van der Waals surface area contributed by atoms with Crippen LogP contribution < -0.4 is 10.2 Å². The summed E-state index contributed by atoms with van der Waals surface area (Å²) in [5, 5.41) is 2.77. The molecule has 2 aromatic carbocycles. The van der Waals surface area contributed by atoms with Crippen molar-refractivity contribution in [1.82, 2.24) is 10.2 Å². The molecule has 1 aliphatic rings. The molecule has 1 fully saturated rings. The van der Waals surface area contributed by atoms with Crippen LogP contribution in [0.15, 0.2) is 54.6 Å². The Kier molecular flexibility index (Phi) is 6.56. The molecule has 0 spiro atoms. The molecule has 3 rings (SSSR count). The number of imide groups is 1. The summed E-state index contributed by atoms with van der Waals surface area (Å²) >= 11 is 0. The maximum Gasteiger partial charge on any atom is 0.332 e. The van der Waals surface area contributed by atoms with Gasteiger partial charge < -0.3 is 15.0 Å². The number of methoxy groups -OCH3 is 1. The van der Waals surface area contributed by atoms with Gasteiger partial charge in [0.15, 0.2) is 0 Å². The number of rotatable bonds is 8. The molecule has 29 heavy (non-hydrogen) atoms. The van der Waals surface area contributed by atoms with Crippen LogP contribution in [-0.2, 0) is 20.9 Å². The van der Waals surface area contributed by atoms with E-state index in [2.05, 4.69) is 5.32 Å². The fourth-order valence-electron chi connectivity index (χ4n) is 3.15. The number of carbonyl (C=O) groups is 3. The normalized spacial score (nSPS) is 16.4. The molecule has 0 saturated carbocycles. The maximum absolute atomic E-state index is 13.2. The molecular formula is C21H22FN3O4. The molecule has 1 unspecified atom stereocenters. The van der Waals surface area contributed by atoms with E-state index >= 15 is 0 Å². The van der Waals surface area contributed by atoms with Crippen LogP contribution in [0.5, 0.6) is 0 Å². The van der Waals surface area contributed by atoms with Crippen LogP contribution in [0.1, 0.15) is 12.0 Å². The zero-order valence-corrected chi connectivity index (χ0v) is 16.0. The molecule has 1 aliphatic heterocycles. The van der Waals surface area contributed by atoms with Gasteiger partial charge in [0, 0.05) is 20.2 Å². The van der Waals surface area contributed by atoms with Gasteiger partial charge in [0.1, 0.15) is 11.9 Å². The molecule has 0 aromatic heterocycles. The van der Waals surface area contributed by atoms with Crippen LogP contribution in [0.4, 0.5) is 14.9 Å². The van der Waals surface area contributed by atoms with Crippen molar-refractivity contribution in [2.45, 2.75) is 19.0 Å². The van der Waals surface area contributed by atoms with Gasteiger partial charge in [-0.15, -0.1) is 0 Å². The number of urea groups is 1. The quantitative estimate of drug-likeness (QED) is 0.691. The number of anilines is 1. The first-order valence-corrected chi connectivity index (χ1v) is 9.21. The fourth-order valence-corrected chi connectivity index (χ4v) is 3.15. The van der Waals surface area contributed by atoms with Crippen LogP contribution in [-0.4, -0.2) is 49.0 Å². The summed E-state index contributed by atoms with van der Waals surface area (Å²) in [7, 11) is 1.49. The minimum atomic E-state index is -0.946. The largest absolute Gasteiger partial charge is 0.383 e. The van der Waals surface area contributed by atoms with Crippen molar-refractivity contribution in [2.75, 3.05) is 25.2 Å². The zero-order chi connectivity index (χ0) is 20.8. The highest BCUT2D eigenvalue weighted by Gasteiger charge is 2.46. The number of benzene rings is 2. The number of nitrogens with one attached hydrogen (secondary N) is 1. The van der Waals surface area contributed by atoms with Gasteiger partial charge in [-0.3, -0.25) is 9.59 Å². The first-order valence-electron chi connectivity index (χ1n) is 9.21. The molecule has 0 bridgehead atoms. The van der Waals surface area contributed by atoms with E-state index in [1.807, 2.05) is 30.3 Å². The Balaban J connectivity index is 1.73. The van der Waals surface area contributed by atoms with E-state index in [1.54, 1.807) is 0 Å². The summed E-state index contributed by atoms with van der Waals surface area (Å²) in [5.74, 6) is -1.34. The number of hydrogen-bond acceptors (Lipinski definition) is 4. The number of halogens is 1. The molecule has 8 heteroatoms. The molecule has 7 nitrogen and oxygen atoms in total. The zero-order valence-electron chi connectivity index (χ0n) is 16.0. The van der Waals surface area contributed by atoms with Gasteiger partial charge in [0.05, 0.1) is 18.7 Å². The van der Waals surface area contributed by atoms with E-state index in [-0.39, 0.29) is 31.2 Å². The molecule has 0 radical (unpaired) electrons. The number of hydrogen-bond donors (Lipinski definition) is 1. The summed E-state index contributed by atoms with van der Waals surface area (Å²) < 4.78 is 18.2. The molecule has 0 aliphatic carbocycles. The van der Waals surface area contributed by atoms with E-state index in [4.69, 9.17) is 4.74 Å². The number of ether oxygens (including phenoxy) is 1. The van der Waals surface area contributed by atoms with Crippen molar-refractivity contribution in [1.29, 1.82) is 0 Å². The lowest BCUT2D eigenvalue weighted by Gasteiger charge is -2.21. The Labute approximate surface area is 168 Å². The highest BCUT2D eigenvalue weighted by Crippen LogP contribution is 2.27. The Hall–Kier alpha value is -3.26. The van der Waals surface area contributed by atoms with E-state index < -0.39 is 23.8 Å². The Morgan fingerprint density at radius 2 is 1.79 bits per heavy atom. The van der Waals surface area contributed by atoms with Crippen molar-refractivity contribution in [3.05, 3.63) is 66.0 Å². The van der Waals surface area contributed by atoms with E-state index in [1.165, 1.54) is 36.3 Å². The number of carbonyl (C=O) groups excluding carboxylic acids is 3. The third-order valence-electron chi connectivity index (χ3n) is 4.65. The van der Waals surface area contributed by atoms with Crippen molar-refractivity contribution < 1.29 is 23.5 Å². The third kappa shape index (κ3) is 4.78. The summed E-state index contributed by atoms with van der Waals surface area (Å²) in [5.41, 5.74) is 1.19. The maximum atomic E-state index is 13.2. The van der Waals surface area contributed by atoms with Crippen molar-refractivity contribution >= 4 is 23.5 Å². The lowest BCUT2D eigenvalue weighted by Crippen LogP contribution is -2.41. The van der Waals surface area contributed by atoms with Crippen molar-refractivity contribution in [2.24, 2.45) is 0 Å². The van der Waals surface area contributed by atoms with Gasteiger partial charge in [-0.05, 0) is 29.8 Å². The van der Waals surface area contributed by atoms with Gasteiger partial charge in [-0.1, -0.05) is 30.3 Å². The summed E-state index contributed by atoms with van der Waals surface area (Å²) in [4.78, 5) is 40.5. The summed E-state index contributed by atoms with van der Waals surface area (Å²) in [6.07, 6.45) is -0.168. The Morgan fingerprint density at radius 3 is 2.45 bits per heavy atom. The van der Waals surface area contributed by atoms with E-state index in [0.29, 0.717) is 6.54 Å². The van der Waals surface area contributed by atoms with Crippen molar-refractivity contribution in [3.8, 4) is 0 Å². The Bertz CT molecular complexity index is 873. The lowest BCUT2D eigenvalue weighted by molar-refractivity contribution is -0.127. The smallest absolute Gasteiger partial charge is 0.332 e. The van der Waals surface area contributed by atoms with Crippen LogP contribution in [0, 0.1) is 5.82 Å². The minimum absolute atomic E-state index is 0.162. The van der Waals surface area contributed by atoms with Gasteiger partial charge in [0.25, 0.3) is 5.91 Å². The minimum Gasteiger partial charge on any atom is -0.383 e. The molecular weight excluding hydrogens is 377 g/mol. The highest BCUT2D eigenvalue weighted by atomic mass is 19.1. The van der Waals surface area contributed by atoms with Crippen LogP contribution in [0.3, 0.4) is 0 Å². The highest BCUT2D eigenvalue weighted by molar-refractivity contribution is 6.22. The molecule has 1 atom stereocenters. The molecule has 2 aromatic rings. The second-order valence-corrected chi connectivity index (χ2v) is 6.60. The van der Waals surface area contributed by atoms with E-state index in [0.717, 1.165) is 10.5 Å². The molecule has 152 valence electrons. The van der Waals surface area contributed by atoms with Gasteiger partial charge >= 0.3 is 6.03 Å². The Morgan fingerprint density at radius 1 is 1.10 bits per heavy atom. The molecule has 1 N–H and O–H groups in total. The second-order valence-electron chi connectivity index (χ2n) is 6.60. The van der Waals surface area contributed by atoms with Crippen LogP contribution in [0.2, 0.25) is 0 Å². The SMILES string of the molecule is COCCN1C(=O)N(c2ccc(F)cc2)C(=O)C1CC(=O)NCc1ccccc1. The topological polar surface area (TPSA) is 79.0 Å². The third-order valence-corrected chi connectivity index (χ3v) is 4.65. The van der Waals surface area contributed by atoms with Crippen LogP contribution in [0.25, 0.3) is 0 Å². The van der Waals surface area contributed by atoms with Crippen LogP contribution >= 0.6 is 0 Å². The van der Waals surface area contributed by atoms with Crippen molar-refractivity contribution in [3.63, 3.8) is 0 Å². The first-order chi connectivity index (χ1) is 14.0.